The Morgan fingerprint density at radius 1 is 1.06 bits per heavy atom. The van der Waals surface area contributed by atoms with E-state index in [-0.39, 0.29) is 11.9 Å². The van der Waals surface area contributed by atoms with Crippen molar-refractivity contribution in [3.8, 4) is 0 Å². The molecule has 0 bridgehead atoms. The predicted octanol–water partition coefficient (Wildman–Crippen LogP) is 1.30. The second-order valence-electron chi connectivity index (χ2n) is 3.42. The monoisotopic (exact) mass is 232 g/mol. The van der Waals surface area contributed by atoms with E-state index in [4.69, 9.17) is 4.74 Å². The van der Waals surface area contributed by atoms with Crippen LogP contribution < -0.4 is 0 Å². The summed E-state index contributed by atoms with van der Waals surface area (Å²) in [6, 6.07) is 0. The van der Waals surface area contributed by atoms with Crippen LogP contribution in [0.25, 0.3) is 0 Å². The minimum absolute atomic E-state index is 0.191. The third kappa shape index (κ3) is 7.23. The molecule has 5 nitrogen and oxygen atoms in total. The third-order valence-corrected chi connectivity index (χ3v) is 2.15. The van der Waals surface area contributed by atoms with Crippen molar-refractivity contribution >= 4 is 11.9 Å². The number of unbranched alkanes of at least 4 members (excludes halogenated alkanes) is 2. The van der Waals surface area contributed by atoms with Crippen LogP contribution in [0.15, 0.2) is 0 Å². The van der Waals surface area contributed by atoms with Crippen molar-refractivity contribution in [1.29, 1.82) is 0 Å². The number of carbonyl (C=O) groups excluding carboxylic acids is 2. The molecule has 0 heterocycles. The van der Waals surface area contributed by atoms with Gasteiger partial charge in [-0.25, -0.2) is 4.79 Å². The van der Waals surface area contributed by atoms with E-state index in [0.717, 1.165) is 19.3 Å². The third-order valence-electron chi connectivity index (χ3n) is 2.15. The molecule has 0 aromatic heterocycles. The number of methoxy groups -OCH3 is 2. The maximum absolute atomic E-state index is 11.0. The summed E-state index contributed by atoms with van der Waals surface area (Å²) in [4.78, 5) is 21.7. The van der Waals surface area contributed by atoms with Gasteiger partial charge in [-0.1, -0.05) is 6.42 Å². The molecule has 94 valence electrons. The normalized spacial score (nSPS) is 11.9. The molecule has 0 aromatic carbocycles. The zero-order valence-electron chi connectivity index (χ0n) is 10.2. The molecule has 0 aliphatic rings. The van der Waals surface area contributed by atoms with E-state index in [9.17, 15) is 9.59 Å². The lowest BCUT2D eigenvalue weighted by Crippen LogP contribution is -2.22. The summed E-state index contributed by atoms with van der Waals surface area (Å²) in [6.45, 7) is 2.15. The minimum atomic E-state index is -0.523. The molecule has 5 heteroatoms. The van der Waals surface area contributed by atoms with Crippen LogP contribution in [-0.2, 0) is 23.8 Å². The molecule has 0 aromatic rings. The number of ether oxygens (including phenoxy) is 3. The van der Waals surface area contributed by atoms with Gasteiger partial charge in [0, 0.05) is 13.0 Å². The Balaban J connectivity index is 3.33. The Morgan fingerprint density at radius 3 is 2.31 bits per heavy atom. The van der Waals surface area contributed by atoms with Crippen molar-refractivity contribution in [2.75, 3.05) is 20.8 Å². The van der Waals surface area contributed by atoms with Gasteiger partial charge < -0.3 is 14.2 Å². The maximum atomic E-state index is 11.0. The molecule has 0 aliphatic carbocycles. The molecule has 0 aliphatic heterocycles. The number of hydrogen-bond donors (Lipinski definition) is 0. The van der Waals surface area contributed by atoms with Gasteiger partial charge in [-0.3, -0.25) is 4.79 Å². The summed E-state index contributed by atoms with van der Waals surface area (Å²) in [5.74, 6) is -0.557. The molecule has 0 rings (SSSR count). The van der Waals surface area contributed by atoms with Gasteiger partial charge >= 0.3 is 11.9 Å². The Morgan fingerprint density at radius 2 is 1.75 bits per heavy atom. The fraction of sp³-hybridized carbons (Fsp3) is 0.818. The van der Waals surface area contributed by atoms with Gasteiger partial charge in [-0.15, -0.1) is 0 Å². The van der Waals surface area contributed by atoms with Gasteiger partial charge in [0.05, 0.1) is 14.2 Å². The Kier molecular flexibility index (Phi) is 8.52. The molecule has 16 heavy (non-hydrogen) atoms. The average Bonchev–Trinajstić information content (AvgIpc) is 2.31. The lowest BCUT2D eigenvalue weighted by molar-refractivity contribution is -0.152. The zero-order valence-corrected chi connectivity index (χ0v) is 10.2. The van der Waals surface area contributed by atoms with Gasteiger partial charge in [0.2, 0.25) is 0 Å². The van der Waals surface area contributed by atoms with E-state index in [0.29, 0.717) is 13.0 Å². The van der Waals surface area contributed by atoms with Crippen molar-refractivity contribution < 1.29 is 23.8 Å². The highest BCUT2D eigenvalue weighted by atomic mass is 16.6. The average molecular weight is 232 g/mol. The van der Waals surface area contributed by atoms with Gasteiger partial charge in [0.1, 0.15) is 0 Å². The molecule has 0 spiro atoms. The van der Waals surface area contributed by atoms with E-state index in [1.165, 1.54) is 14.2 Å². The van der Waals surface area contributed by atoms with Crippen molar-refractivity contribution in [3.05, 3.63) is 0 Å². The largest absolute Gasteiger partial charge is 0.469 e. The minimum Gasteiger partial charge on any atom is -0.469 e. The van der Waals surface area contributed by atoms with E-state index < -0.39 is 6.10 Å². The van der Waals surface area contributed by atoms with Gasteiger partial charge in [0.25, 0.3) is 0 Å². The van der Waals surface area contributed by atoms with Gasteiger partial charge in [-0.2, -0.15) is 0 Å². The molecule has 0 amide bonds. The first-order valence-corrected chi connectivity index (χ1v) is 5.38. The highest BCUT2D eigenvalue weighted by Gasteiger charge is 2.12. The van der Waals surface area contributed by atoms with Gasteiger partial charge in [0.15, 0.2) is 6.10 Å². The highest BCUT2D eigenvalue weighted by Crippen LogP contribution is 2.03. The van der Waals surface area contributed by atoms with Crippen LogP contribution in [0.4, 0.5) is 0 Å². The number of carbonyl (C=O) groups is 2. The zero-order chi connectivity index (χ0) is 12.4. The van der Waals surface area contributed by atoms with Crippen LogP contribution >= 0.6 is 0 Å². The van der Waals surface area contributed by atoms with Crippen molar-refractivity contribution in [3.63, 3.8) is 0 Å². The SMILES string of the molecule is COC(=O)CCCCCOC(C)C(=O)OC. The molecular weight excluding hydrogens is 212 g/mol. The molecule has 1 unspecified atom stereocenters. The quantitative estimate of drug-likeness (QED) is 0.466. The second kappa shape index (κ2) is 9.15. The maximum Gasteiger partial charge on any atom is 0.334 e. The molecule has 0 saturated heterocycles. The Hall–Kier alpha value is -1.10. The Bertz CT molecular complexity index is 214. The van der Waals surface area contributed by atoms with Crippen LogP contribution in [0.1, 0.15) is 32.6 Å². The smallest absolute Gasteiger partial charge is 0.334 e. The van der Waals surface area contributed by atoms with E-state index >= 15 is 0 Å². The van der Waals surface area contributed by atoms with Crippen LogP contribution in [0.5, 0.6) is 0 Å². The molecule has 0 N–H and O–H groups in total. The standard InChI is InChI=1S/C11H20O5/c1-9(11(13)15-3)16-8-6-4-5-7-10(12)14-2/h9H,4-8H2,1-3H3. The molecule has 0 fully saturated rings. The first-order valence-electron chi connectivity index (χ1n) is 5.38. The van der Waals surface area contributed by atoms with Crippen LogP contribution in [0.2, 0.25) is 0 Å². The summed E-state index contributed by atoms with van der Waals surface area (Å²) < 4.78 is 14.3. The number of esters is 2. The first-order chi connectivity index (χ1) is 7.61. The van der Waals surface area contributed by atoms with Crippen molar-refractivity contribution in [2.45, 2.75) is 38.7 Å². The van der Waals surface area contributed by atoms with E-state index in [1.54, 1.807) is 6.92 Å². The first kappa shape index (κ1) is 14.9. The molecule has 0 saturated carbocycles. The lowest BCUT2D eigenvalue weighted by atomic mass is 10.2. The Labute approximate surface area is 96.1 Å². The lowest BCUT2D eigenvalue weighted by Gasteiger charge is -2.10. The van der Waals surface area contributed by atoms with Crippen molar-refractivity contribution in [1.82, 2.24) is 0 Å². The summed E-state index contributed by atoms with van der Waals surface area (Å²) >= 11 is 0. The topological polar surface area (TPSA) is 61.8 Å². The van der Waals surface area contributed by atoms with E-state index in [1.807, 2.05) is 0 Å². The van der Waals surface area contributed by atoms with E-state index in [2.05, 4.69) is 9.47 Å². The molecule has 0 radical (unpaired) electrons. The second-order valence-corrected chi connectivity index (χ2v) is 3.42. The molecular formula is C11H20O5. The number of rotatable bonds is 8. The fourth-order valence-corrected chi connectivity index (χ4v) is 1.14. The van der Waals surface area contributed by atoms with Crippen LogP contribution in [0, 0.1) is 0 Å². The summed E-state index contributed by atoms with van der Waals surface area (Å²) in [5.41, 5.74) is 0. The van der Waals surface area contributed by atoms with Crippen LogP contribution in [-0.4, -0.2) is 38.9 Å². The predicted molar refractivity (Wildman–Crippen MR) is 57.9 cm³/mol. The summed E-state index contributed by atoms with van der Waals surface area (Å²) in [7, 11) is 2.71. The summed E-state index contributed by atoms with van der Waals surface area (Å²) in [6.07, 6.45) is 2.39. The number of hydrogen-bond acceptors (Lipinski definition) is 5. The highest BCUT2D eigenvalue weighted by molar-refractivity contribution is 5.73. The van der Waals surface area contributed by atoms with Gasteiger partial charge in [-0.05, 0) is 19.8 Å². The van der Waals surface area contributed by atoms with Crippen LogP contribution in [0.3, 0.4) is 0 Å². The summed E-state index contributed by atoms with van der Waals surface area (Å²) in [5, 5.41) is 0. The van der Waals surface area contributed by atoms with Crippen molar-refractivity contribution in [2.24, 2.45) is 0 Å². The fourth-order valence-electron chi connectivity index (χ4n) is 1.14. The molecule has 1 atom stereocenters.